The SMILES string of the molecule is CNC(C(=N)N1CCN(C2=Nc3ccc(O)cc3Sc3ccccc32)CC1)C(C)C. The van der Waals surface area contributed by atoms with Crippen LogP contribution in [0.5, 0.6) is 5.75 Å². The van der Waals surface area contributed by atoms with E-state index in [1.165, 1.54) is 0 Å². The molecule has 2 aliphatic heterocycles. The van der Waals surface area contributed by atoms with Gasteiger partial charge in [0.2, 0.25) is 0 Å². The first-order valence-electron chi connectivity index (χ1n) is 10.4. The molecule has 2 aliphatic rings. The molecule has 0 bridgehead atoms. The highest BCUT2D eigenvalue weighted by Crippen LogP contribution is 2.42. The molecule has 2 aromatic carbocycles. The van der Waals surface area contributed by atoms with Gasteiger partial charge in [0.15, 0.2) is 0 Å². The Kier molecular flexibility index (Phi) is 6.01. The van der Waals surface area contributed by atoms with Crippen molar-refractivity contribution in [2.45, 2.75) is 29.7 Å². The van der Waals surface area contributed by atoms with Gasteiger partial charge in [-0.25, -0.2) is 4.99 Å². The number of likely N-dealkylation sites (N-methyl/N-ethyl adjacent to an activating group) is 1. The van der Waals surface area contributed by atoms with Crippen LogP contribution in [0.2, 0.25) is 0 Å². The molecule has 0 aliphatic carbocycles. The maximum atomic E-state index is 9.92. The molecule has 4 rings (SSSR count). The molecule has 6 nitrogen and oxygen atoms in total. The van der Waals surface area contributed by atoms with Crippen molar-refractivity contribution < 1.29 is 5.11 Å². The van der Waals surface area contributed by atoms with Gasteiger partial charge in [-0.1, -0.05) is 43.8 Å². The molecule has 0 aromatic heterocycles. The van der Waals surface area contributed by atoms with E-state index in [2.05, 4.69) is 47.2 Å². The Morgan fingerprint density at radius 1 is 1.10 bits per heavy atom. The third-order valence-corrected chi connectivity index (χ3v) is 6.83. The van der Waals surface area contributed by atoms with Gasteiger partial charge in [-0.3, -0.25) is 5.41 Å². The highest BCUT2D eigenvalue weighted by atomic mass is 32.2. The number of phenolic OH excluding ortho intramolecular Hbond substituents is 1. The predicted octanol–water partition coefficient (Wildman–Crippen LogP) is 3.77. The van der Waals surface area contributed by atoms with Crippen molar-refractivity contribution in [2.24, 2.45) is 10.9 Å². The van der Waals surface area contributed by atoms with Crippen LogP contribution in [0, 0.1) is 11.3 Å². The summed E-state index contributed by atoms with van der Waals surface area (Å²) < 4.78 is 0. The van der Waals surface area contributed by atoms with E-state index in [1.54, 1.807) is 23.9 Å². The first-order chi connectivity index (χ1) is 14.5. The van der Waals surface area contributed by atoms with Crippen LogP contribution in [-0.2, 0) is 0 Å². The summed E-state index contributed by atoms with van der Waals surface area (Å²) in [5, 5.41) is 21.8. The molecule has 0 radical (unpaired) electrons. The smallest absolute Gasteiger partial charge is 0.137 e. The molecule has 1 fully saturated rings. The lowest BCUT2D eigenvalue weighted by atomic mass is 10.0. The number of nitrogens with one attached hydrogen (secondary N) is 2. The molecular formula is C23H29N5OS. The Hall–Kier alpha value is -2.51. The van der Waals surface area contributed by atoms with E-state index in [0.717, 1.165) is 53.1 Å². The summed E-state index contributed by atoms with van der Waals surface area (Å²) in [6, 6.07) is 13.8. The fraction of sp³-hybridized carbons (Fsp3) is 0.391. The minimum Gasteiger partial charge on any atom is -0.508 e. The highest BCUT2D eigenvalue weighted by molar-refractivity contribution is 7.99. The molecule has 0 spiro atoms. The summed E-state index contributed by atoms with van der Waals surface area (Å²) in [5.41, 5.74) is 2.01. The number of rotatable bonds is 3. The van der Waals surface area contributed by atoms with Crippen LogP contribution < -0.4 is 5.32 Å². The summed E-state index contributed by atoms with van der Waals surface area (Å²) in [4.78, 5) is 11.6. The Balaban J connectivity index is 1.59. The number of nitrogens with zero attached hydrogens (tertiary/aromatic N) is 3. The highest BCUT2D eigenvalue weighted by Gasteiger charge is 2.28. The summed E-state index contributed by atoms with van der Waals surface area (Å²) >= 11 is 1.65. The molecule has 2 heterocycles. The molecule has 158 valence electrons. The summed E-state index contributed by atoms with van der Waals surface area (Å²) in [7, 11) is 1.93. The van der Waals surface area contributed by atoms with Gasteiger partial charge in [0, 0.05) is 41.5 Å². The van der Waals surface area contributed by atoms with Crippen LogP contribution in [-0.4, -0.2) is 65.8 Å². The van der Waals surface area contributed by atoms with Crippen molar-refractivity contribution in [3.05, 3.63) is 48.0 Å². The van der Waals surface area contributed by atoms with Gasteiger partial charge in [-0.15, -0.1) is 0 Å². The Bertz CT molecular complexity index is 966. The zero-order valence-electron chi connectivity index (χ0n) is 17.7. The lowest BCUT2D eigenvalue weighted by Gasteiger charge is -2.40. The average molecular weight is 424 g/mol. The number of aromatic hydroxyl groups is 1. The van der Waals surface area contributed by atoms with Gasteiger partial charge in [0.1, 0.15) is 17.4 Å². The number of benzene rings is 2. The van der Waals surface area contributed by atoms with Gasteiger partial charge in [0.25, 0.3) is 0 Å². The second kappa shape index (κ2) is 8.70. The normalized spacial score (nSPS) is 17.1. The first-order valence-corrected chi connectivity index (χ1v) is 11.2. The average Bonchev–Trinajstić information content (AvgIpc) is 2.90. The number of aliphatic imine (C=N–C) groups is 1. The monoisotopic (exact) mass is 423 g/mol. The summed E-state index contributed by atoms with van der Waals surface area (Å²) in [6.07, 6.45) is 0. The summed E-state index contributed by atoms with van der Waals surface area (Å²) in [5.74, 6) is 2.28. The van der Waals surface area contributed by atoms with Gasteiger partial charge in [0.05, 0.1) is 11.7 Å². The molecule has 3 N–H and O–H groups in total. The molecule has 2 aromatic rings. The fourth-order valence-corrected chi connectivity index (χ4v) is 5.14. The van der Waals surface area contributed by atoms with Crippen LogP contribution in [0.3, 0.4) is 0 Å². The van der Waals surface area contributed by atoms with Gasteiger partial charge in [-0.2, -0.15) is 0 Å². The van der Waals surface area contributed by atoms with Gasteiger partial charge >= 0.3 is 0 Å². The standard InChI is InChI=1S/C23H29N5OS/c1-15(2)21(25-3)22(24)27-10-12-28(13-11-27)23-17-6-4-5-7-19(17)30-20-14-16(29)8-9-18(20)26-23/h4-9,14-15,21,24-25,29H,10-13H2,1-3H3. The molecule has 30 heavy (non-hydrogen) atoms. The maximum Gasteiger partial charge on any atom is 0.137 e. The summed E-state index contributed by atoms with van der Waals surface area (Å²) in [6.45, 7) is 7.55. The van der Waals surface area contributed by atoms with Gasteiger partial charge in [-0.05, 0) is 37.2 Å². The number of hydrogen-bond acceptors (Lipinski definition) is 6. The Labute approximate surface area is 182 Å². The molecule has 1 unspecified atom stereocenters. The van der Waals surface area contributed by atoms with Crippen molar-refractivity contribution in [3.63, 3.8) is 0 Å². The van der Waals surface area contributed by atoms with E-state index >= 15 is 0 Å². The van der Waals surface area contributed by atoms with Crippen molar-refractivity contribution in [3.8, 4) is 5.75 Å². The number of fused-ring (bicyclic) bond motifs is 2. The van der Waals surface area contributed by atoms with Crippen LogP contribution >= 0.6 is 11.8 Å². The molecule has 0 saturated carbocycles. The minimum absolute atomic E-state index is 0.0726. The molecule has 1 atom stereocenters. The van der Waals surface area contributed by atoms with Crippen molar-refractivity contribution in [1.82, 2.24) is 15.1 Å². The third kappa shape index (κ3) is 4.04. The van der Waals surface area contributed by atoms with E-state index in [0.29, 0.717) is 11.8 Å². The second-order valence-corrected chi connectivity index (χ2v) is 9.14. The lowest BCUT2D eigenvalue weighted by Crippen LogP contribution is -2.55. The quantitative estimate of drug-likeness (QED) is 0.518. The van der Waals surface area contributed by atoms with Crippen LogP contribution in [0.4, 0.5) is 5.69 Å². The topological polar surface area (TPSA) is 75.0 Å². The molecule has 1 saturated heterocycles. The van der Waals surface area contributed by atoms with Crippen LogP contribution in [0.15, 0.2) is 57.2 Å². The largest absolute Gasteiger partial charge is 0.508 e. The number of piperazine rings is 1. The molecular weight excluding hydrogens is 394 g/mol. The Morgan fingerprint density at radius 2 is 1.83 bits per heavy atom. The van der Waals surface area contributed by atoms with Crippen molar-refractivity contribution in [2.75, 3.05) is 33.2 Å². The van der Waals surface area contributed by atoms with Crippen LogP contribution in [0.25, 0.3) is 0 Å². The number of amidine groups is 2. The maximum absolute atomic E-state index is 9.92. The fourth-order valence-electron chi connectivity index (χ4n) is 4.09. The van der Waals surface area contributed by atoms with E-state index in [4.69, 9.17) is 10.4 Å². The van der Waals surface area contributed by atoms with E-state index in [1.807, 2.05) is 19.2 Å². The minimum atomic E-state index is 0.0726. The second-order valence-electron chi connectivity index (χ2n) is 8.06. The zero-order chi connectivity index (χ0) is 21.3. The van der Waals surface area contributed by atoms with Crippen molar-refractivity contribution in [1.29, 1.82) is 5.41 Å². The first kappa shape index (κ1) is 20.8. The molecule has 7 heteroatoms. The van der Waals surface area contributed by atoms with E-state index in [-0.39, 0.29) is 11.8 Å². The zero-order valence-corrected chi connectivity index (χ0v) is 18.5. The Morgan fingerprint density at radius 3 is 2.53 bits per heavy atom. The van der Waals surface area contributed by atoms with Gasteiger partial charge < -0.3 is 20.2 Å². The van der Waals surface area contributed by atoms with Crippen LogP contribution in [0.1, 0.15) is 19.4 Å². The van der Waals surface area contributed by atoms with Crippen molar-refractivity contribution >= 4 is 29.1 Å². The van der Waals surface area contributed by atoms with E-state index < -0.39 is 0 Å². The third-order valence-electron chi connectivity index (χ3n) is 5.71. The number of hydrogen-bond donors (Lipinski definition) is 3. The number of phenols is 1. The lowest BCUT2D eigenvalue weighted by molar-refractivity contribution is 0.247. The van der Waals surface area contributed by atoms with E-state index in [9.17, 15) is 5.11 Å². The molecule has 0 amide bonds. The predicted molar refractivity (Wildman–Crippen MR) is 123 cm³/mol.